The Morgan fingerprint density at radius 2 is 2.09 bits per heavy atom. The standard InChI is InChI=1S/C15H13ClN2O3S2/c1-6-8(3)22-14-11(6)13(19)17-12(18-14)7(2)21-15(20)9-4-5-10(16)23-9/h4-5,7H,1-3H3,(H,17,18,19)/t7-/m1/s1. The van der Waals surface area contributed by atoms with E-state index in [2.05, 4.69) is 9.97 Å². The van der Waals surface area contributed by atoms with Crippen molar-refractivity contribution in [2.24, 2.45) is 0 Å². The Balaban J connectivity index is 1.90. The van der Waals surface area contributed by atoms with Gasteiger partial charge in [-0.05, 0) is 38.5 Å². The van der Waals surface area contributed by atoms with E-state index in [-0.39, 0.29) is 5.56 Å². The summed E-state index contributed by atoms with van der Waals surface area (Å²) in [7, 11) is 0. The number of nitrogens with one attached hydrogen (secondary N) is 1. The lowest BCUT2D eigenvalue weighted by molar-refractivity contribution is 0.0326. The molecule has 0 aliphatic carbocycles. The van der Waals surface area contributed by atoms with Gasteiger partial charge in [0, 0.05) is 4.88 Å². The molecule has 1 atom stereocenters. The number of aryl methyl sites for hydroxylation is 2. The number of hydrogen-bond acceptors (Lipinski definition) is 6. The molecule has 3 aromatic rings. The molecule has 120 valence electrons. The summed E-state index contributed by atoms with van der Waals surface area (Å²) in [6.07, 6.45) is -0.664. The van der Waals surface area contributed by atoms with E-state index in [0.29, 0.717) is 25.3 Å². The fraction of sp³-hybridized carbons (Fsp3) is 0.267. The number of esters is 1. The Hall–Kier alpha value is -1.70. The summed E-state index contributed by atoms with van der Waals surface area (Å²) in [6, 6.07) is 3.24. The van der Waals surface area contributed by atoms with Crippen molar-refractivity contribution in [2.75, 3.05) is 0 Å². The number of fused-ring (bicyclic) bond motifs is 1. The highest BCUT2D eigenvalue weighted by Gasteiger charge is 2.19. The highest BCUT2D eigenvalue weighted by Crippen LogP contribution is 2.28. The Morgan fingerprint density at radius 3 is 2.74 bits per heavy atom. The van der Waals surface area contributed by atoms with Crippen LogP contribution in [0.3, 0.4) is 0 Å². The lowest BCUT2D eigenvalue weighted by Crippen LogP contribution is -2.16. The largest absolute Gasteiger partial charge is 0.450 e. The van der Waals surface area contributed by atoms with Gasteiger partial charge in [-0.25, -0.2) is 9.78 Å². The van der Waals surface area contributed by atoms with Crippen LogP contribution in [0.15, 0.2) is 16.9 Å². The summed E-state index contributed by atoms with van der Waals surface area (Å²) < 4.78 is 5.88. The minimum atomic E-state index is -0.664. The van der Waals surface area contributed by atoms with Gasteiger partial charge in [0.15, 0.2) is 11.9 Å². The molecule has 0 fully saturated rings. The van der Waals surface area contributed by atoms with Gasteiger partial charge in [0.25, 0.3) is 5.56 Å². The van der Waals surface area contributed by atoms with Gasteiger partial charge in [0.2, 0.25) is 0 Å². The van der Waals surface area contributed by atoms with Crippen LogP contribution in [0.1, 0.15) is 39.0 Å². The zero-order valence-electron chi connectivity index (χ0n) is 12.6. The predicted molar refractivity (Wildman–Crippen MR) is 92.9 cm³/mol. The molecular weight excluding hydrogens is 356 g/mol. The van der Waals surface area contributed by atoms with Gasteiger partial charge in [-0.1, -0.05) is 11.6 Å². The molecule has 0 saturated heterocycles. The van der Waals surface area contributed by atoms with Crippen molar-refractivity contribution >= 4 is 50.5 Å². The average molecular weight is 369 g/mol. The van der Waals surface area contributed by atoms with Crippen molar-refractivity contribution < 1.29 is 9.53 Å². The summed E-state index contributed by atoms with van der Waals surface area (Å²) in [5.74, 6) is -0.157. The van der Waals surface area contributed by atoms with E-state index >= 15 is 0 Å². The number of rotatable bonds is 3. The van der Waals surface area contributed by atoms with Crippen molar-refractivity contribution in [3.05, 3.63) is 48.0 Å². The van der Waals surface area contributed by atoms with Gasteiger partial charge >= 0.3 is 5.97 Å². The lowest BCUT2D eigenvalue weighted by Gasteiger charge is -2.11. The first-order valence-electron chi connectivity index (χ1n) is 6.83. The minimum absolute atomic E-state index is 0.214. The van der Waals surface area contributed by atoms with E-state index in [9.17, 15) is 9.59 Å². The van der Waals surface area contributed by atoms with Gasteiger partial charge in [0.1, 0.15) is 9.71 Å². The number of halogens is 1. The van der Waals surface area contributed by atoms with Crippen LogP contribution in [0.25, 0.3) is 10.2 Å². The van der Waals surface area contributed by atoms with Crippen LogP contribution in [0, 0.1) is 13.8 Å². The number of aromatic amines is 1. The highest BCUT2D eigenvalue weighted by molar-refractivity contribution is 7.18. The smallest absolute Gasteiger partial charge is 0.349 e. The molecule has 0 aromatic carbocycles. The van der Waals surface area contributed by atoms with Gasteiger partial charge in [0.05, 0.1) is 9.72 Å². The summed E-state index contributed by atoms with van der Waals surface area (Å²) in [6.45, 7) is 5.52. The first-order valence-corrected chi connectivity index (χ1v) is 8.84. The Morgan fingerprint density at radius 1 is 1.35 bits per heavy atom. The number of H-pyrrole nitrogens is 1. The number of nitrogens with zero attached hydrogens (tertiary/aromatic N) is 1. The van der Waals surface area contributed by atoms with Crippen molar-refractivity contribution in [2.45, 2.75) is 26.9 Å². The van der Waals surface area contributed by atoms with E-state index < -0.39 is 12.1 Å². The third kappa shape index (κ3) is 3.04. The predicted octanol–water partition coefficient (Wildman–Crippen LogP) is 4.23. The number of carbonyl (C=O) groups excluding carboxylic acids is 1. The van der Waals surface area contributed by atoms with Crippen molar-refractivity contribution in [3.8, 4) is 0 Å². The first kappa shape index (κ1) is 16.2. The summed E-state index contributed by atoms with van der Waals surface area (Å²) in [5.41, 5.74) is 0.720. The van der Waals surface area contributed by atoms with Gasteiger partial charge in [-0.3, -0.25) is 4.79 Å². The van der Waals surface area contributed by atoms with E-state index in [1.165, 1.54) is 11.3 Å². The van der Waals surface area contributed by atoms with Crippen LogP contribution in [-0.4, -0.2) is 15.9 Å². The third-order valence-corrected chi connectivity index (χ3v) is 5.81. The number of ether oxygens (including phenoxy) is 1. The SMILES string of the molecule is Cc1sc2nc([C@@H](C)OC(=O)c3ccc(Cl)s3)[nH]c(=O)c2c1C. The van der Waals surface area contributed by atoms with E-state index in [0.717, 1.165) is 21.8 Å². The molecule has 0 unspecified atom stereocenters. The molecule has 8 heteroatoms. The quantitative estimate of drug-likeness (QED) is 0.702. The number of thiophene rings is 2. The number of hydrogen-bond donors (Lipinski definition) is 1. The summed E-state index contributed by atoms with van der Waals surface area (Å²) in [5, 5.41) is 0.597. The number of aromatic nitrogens is 2. The third-order valence-electron chi connectivity index (χ3n) is 3.50. The monoisotopic (exact) mass is 368 g/mol. The molecule has 23 heavy (non-hydrogen) atoms. The zero-order chi connectivity index (χ0) is 16.7. The minimum Gasteiger partial charge on any atom is -0.450 e. The molecule has 0 saturated carbocycles. The Labute approximate surface area is 144 Å². The van der Waals surface area contributed by atoms with E-state index in [1.807, 2.05) is 13.8 Å². The fourth-order valence-corrected chi connectivity index (χ4v) is 4.13. The van der Waals surface area contributed by atoms with Gasteiger partial charge in [-0.2, -0.15) is 0 Å². The van der Waals surface area contributed by atoms with Crippen molar-refractivity contribution in [1.82, 2.24) is 9.97 Å². The van der Waals surface area contributed by atoms with Crippen LogP contribution >= 0.6 is 34.3 Å². The second-order valence-electron chi connectivity index (χ2n) is 5.07. The maximum atomic E-state index is 12.3. The molecule has 0 amide bonds. The normalized spacial score (nSPS) is 12.5. The lowest BCUT2D eigenvalue weighted by atomic mass is 10.2. The maximum absolute atomic E-state index is 12.3. The second kappa shape index (κ2) is 6.07. The Bertz CT molecular complexity index is 957. The van der Waals surface area contributed by atoms with Crippen LogP contribution in [-0.2, 0) is 4.74 Å². The van der Waals surface area contributed by atoms with Crippen LogP contribution in [0.5, 0.6) is 0 Å². The first-order chi connectivity index (χ1) is 10.9. The molecule has 0 spiro atoms. The highest BCUT2D eigenvalue weighted by atomic mass is 35.5. The molecule has 0 radical (unpaired) electrons. The fourth-order valence-electron chi connectivity index (χ4n) is 2.16. The molecule has 0 aliphatic heterocycles. The van der Waals surface area contributed by atoms with Crippen molar-refractivity contribution in [3.63, 3.8) is 0 Å². The van der Waals surface area contributed by atoms with Crippen LogP contribution in [0.4, 0.5) is 0 Å². The molecule has 3 heterocycles. The van der Waals surface area contributed by atoms with E-state index in [1.54, 1.807) is 19.1 Å². The molecule has 3 aromatic heterocycles. The summed E-state index contributed by atoms with van der Waals surface area (Å²) in [4.78, 5) is 33.6. The molecule has 5 nitrogen and oxygen atoms in total. The van der Waals surface area contributed by atoms with E-state index in [4.69, 9.17) is 16.3 Å². The average Bonchev–Trinajstić information content (AvgIpc) is 3.03. The van der Waals surface area contributed by atoms with Crippen LogP contribution < -0.4 is 5.56 Å². The molecule has 0 aliphatic rings. The second-order valence-corrected chi connectivity index (χ2v) is 7.98. The van der Waals surface area contributed by atoms with Gasteiger partial charge < -0.3 is 9.72 Å². The van der Waals surface area contributed by atoms with Crippen molar-refractivity contribution in [1.29, 1.82) is 0 Å². The zero-order valence-corrected chi connectivity index (χ0v) is 15.0. The maximum Gasteiger partial charge on any atom is 0.349 e. The molecule has 1 N–H and O–H groups in total. The molecular formula is C15H13ClN2O3S2. The molecule has 0 bridgehead atoms. The number of carbonyl (C=O) groups is 1. The van der Waals surface area contributed by atoms with Gasteiger partial charge in [-0.15, -0.1) is 22.7 Å². The van der Waals surface area contributed by atoms with Crippen LogP contribution in [0.2, 0.25) is 4.34 Å². The Kier molecular flexibility index (Phi) is 4.27. The topological polar surface area (TPSA) is 72.0 Å². The summed E-state index contributed by atoms with van der Waals surface area (Å²) >= 11 is 8.41. The molecule has 3 rings (SSSR count).